The van der Waals surface area contributed by atoms with Gasteiger partial charge in [0.25, 0.3) is 0 Å². The standard InChI is InChI=1S/C32H56N2O33S4.6Na/c1-2-3-4-5-6-7-8-58-29-13(33-68(46,47)48)15(35)22(11(61-29)9-59-70(52,53)54)64-32-21(41)19(39)24(26(67-32)28(44)45)65-30-14(34-69(49,50)51)16(36)23(12(62-30)10-60-71(55,56)57)63-31-20(40)17(37)18(38)25(66-31)27(42)43;;;;;;/h11-26,29-41H,2-10H2,1H3,(H,42,43)(H,44,45)(H,46,47,48)(H,49,50,51)(H,52,53,54)(H,55,56,57);;;;;;/q;6*+1/p-6/t11-,12-,13-,14-,15-,16-,17+,18+,19-,20-,21-,22-,23-,24+,25+,26+,29+,30-,31-,32-;;;;;;/m1....../s1. The van der Waals surface area contributed by atoms with Crippen LogP contribution < -0.4 is 197 Å². The first kappa shape index (κ1) is 85.0. The summed E-state index contributed by atoms with van der Waals surface area (Å²) < 4.78 is 194. The number of carboxylic acid groups (broad SMARTS) is 2. The second kappa shape index (κ2) is 37.6. The van der Waals surface area contributed by atoms with Crippen LogP contribution in [0.3, 0.4) is 0 Å². The molecule has 4 aliphatic rings. The molecule has 0 bridgehead atoms. The van der Waals surface area contributed by atoms with E-state index in [1.54, 1.807) is 0 Å². The molecule has 9 N–H and O–H groups in total. The summed E-state index contributed by atoms with van der Waals surface area (Å²) in [5, 5.41) is 100. The molecule has 0 amide bonds. The van der Waals surface area contributed by atoms with E-state index in [1.165, 1.54) is 9.44 Å². The summed E-state index contributed by atoms with van der Waals surface area (Å²) in [5.74, 6) is -4.68. The van der Waals surface area contributed by atoms with Gasteiger partial charge in [-0.2, -0.15) is 0 Å². The number of nitrogens with one attached hydrogen (secondary N) is 2. The number of carbonyl (C=O) groups excluding carboxylic acids is 2. The molecule has 0 unspecified atom stereocenters. The summed E-state index contributed by atoms with van der Waals surface area (Å²) >= 11 is 0. The van der Waals surface area contributed by atoms with Crippen molar-refractivity contribution in [1.82, 2.24) is 9.44 Å². The number of aliphatic hydroxyl groups is 7. The second-order valence-corrected chi connectivity index (χ2v) is 20.4. The van der Waals surface area contributed by atoms with Crippen LogP contribution in [0.1, 0.15) is 45.4 Å². The third-order valence-electron chi connectivity index (χ3n) is 10.9. The van der Waals surface area contributed by atoms with E-state index < -0.39 is 189 Å². The van der Waals surface area contributed by atoms with E-state index in [0.717, 1.165) is 25.7 Å². The molecular formula is C32H50N2Na6O33S4. The molecule has 4 fully saturated rings. The van der Waals surface area contributed by atoms with Crippen LogP contribution in [0, 0.1) is 0 Å². The smallest absolute Gasteiger partial charge is 0.735 e. The van der Waals surface area contributed by atoms with Crippen molar-refractivity contribution in [1.29, 1.82) is 0 Å². The van der Waals surface area contributed by atoms with Gasteiger partial charge in [0.1, 0.15) is 97.5 Å². The fourth-order valence-electron chi connectivity index (χ4n) is 7.58. The third-order valence-corrected chi connectivity index (χ3v) is 12.9. The Labute approximate surface area is 573 Å². The summed E-state index contributed by atoms with van der Waals surface area (Å²) in [5.41, 5.74) is 0. The number of ether oxygens (including phenoxy) is 8. The van der Waals surface area contributed by atoms with Crippen LogP contribution in [0.25, 0.3) is 0 Å². The van der Waals surface area contributed by atoms with Crippen LogP contribution in [-0.4, -0.2) is 242 Å². The Morgan fingerprint density at radius 3 is 1.26 bits per heavy atom. The second-order valence-electron chi connectivity index (χ2n) is 16.0. The van der Waals surface area contributed by atoms with Gasteiger partial charge in [-0.15, -0.1) is 0 Å². The van der Waals surface area contributed by atoms with Crippen molar-refractivity contribution in [2.45, 2.75) is 168 Å². The van der Waals surface area contributed by atoms with Gasteiger partial charge in [-0.1, -0.05) is 39.0 Å². The molecule has 0 spiro atoms. The maximum atomic E-state index is 12.6. The monoisotopic (exact) mass is 1260 g/mol. The van der Waals surface area contributed by atoms with Crippen molar-refractivity contribution in [3.05, 3.63) is 0 Å². The topological polar surface area (TPSA) is 567 Å². The molecule has 0 aliphatic carbocycles. The maximum Gasteiger partial charge on any atom is 1.00 e. The minimum Gasteiger partial charge on any atom is -0.735 e. The molecule has 0 saturated carbocycles. The van der Waals surface area contributed by atoms with Crippen LogP contribution in [0.4, 0.5) is 0 Å². The van der Waals surface area contributed by atoms with Crippen molar-refractivity contribution in [3.63, 3.8) is 0 Å². The molecule has 4 saturated heterocycles. The fourth-order valence-corrected chi connectivity index (χ4v) is 9.35. The van der Waals surface area contributed by atoms with Gasteiger partial charge in [0, 0.05) is 6.61 Å². The van der Waals surface area contributed by atoms with Crippen LogP contribution in [0.5, 0.6) is 0 Å². The molecule has 0 aromatic rings. The first-order chi connectivity index (χ1) is 32.7. The molecule has 77 heavy (non-hydrogen) atoms. The average Bonchev–Trinajstić information content (AvgIpc) is 3.24. The van der Waals surface area contributed by atoms with Gasteiger partial charge in [-0.3, -0.25) is 8.37 Å². The Morgan fingerprint density at radius 1 is 0.468 bits per heavy atom. The van der Waals surface area contributed by atoms with Crippen molar-refractivity contribution in [2.75, 3.05) is 19.8 Å². The van der Waals surface area contributed by atoms with Crippen LogP contribution >= 0.6 is 0 Å². The zero-order chi connectivity index (χ0) is 53.6. The van der Waals surface area contributed by atoms with Crippen molar-refractivity contribution in [2.24, 2.45) is 0 Å². The van der Waals surface area contributed by atoms with Crippen molar-refractivity contribution >= 4 is 53.3 Å². The van der Waals surface area contributed by atoms with Gasteiger partial charge in [-0.05, 0) is 6.42 Å². The van der Waals surface area contributed by atoms with Gasteiger partial charge in [0.05, 0.1) is 25.2 Å². The Balaban J connectivity index is -0.00000913. The number of unbranched alkanes of at least 4 members (excludes halogenated alkanes) is 5. The largest absolute Gasteiger partial charge is 1.00 e. The molecule has 416 valence electrons. The molecule has 45 heteroatoms. The minimum absolute atomic E-state index is 0. The van der Waals surface area contributed by atoms with Crippen LogP contribution in [0.2, 0.25) is 0 Å². The SMILES string of the molecule is CCCCCCCCO[C@H]1O[C@H](COS(=O)(=O)[O-])[C@@H](O[C@@H]2O[C@H](C(=O)[O-])[C@@H](O[C@H]3O[C@H](COS(=O)(=O)[O-])[C@@H](O[C@@H]4O[C@H](C(=O)[O-])[C@@H](O)[C@H](O)[C@H]4O)[C@H](O)[C@H]3NS(=O)(=O)[O-])[C@H](O)[C@H]2O)[C@H](O)[C@H]1NS(=O)(=O)[O-].[Na+].[Na+].[Na+].[Na+].[Na+].[Na+]. The molecule has 4 rings (SSSR count). The predicted molar refractivity (Wildman–Crippen MR) is 205 cm³/mol. The Morgan fingerprint density at radius 2 is 0.844 bits per heavy atom. The molecule has 0 radical (unpaired) electrons. The number of carbonyl (C=O) groups is 2. The molecular weight excluding hydrogens is 1210 g/mol. The molecule has 0 aromatic heterocycles. The quantitative estimate of drug-likeness (QED) is 0.0168. The predicted octanol–water partition coefficient (Wildman–Crippen LogP) is -29.7. The fraction of sp³-hybridized carbons (Fsp3) is 0.938. The van der Waals surface area contributed by atoms with Gasteiger partial charge in [0.15, 0.2) is 45.8 Å². The summed E-state index contributed by atoms with van der Waals surface area (Å²) in [4.78, 5) is 24.1. The normalized spacial score (nSPS) is 35.7. The molecule has 4 aliphatic heterocycles. The molecule has 20 atom stereocenters. The summed E-state index contributed by atoms with van der Waals surface area (Å²) in [6.45, 7) is -1.31. The van der Waals surface area contributed by atoms with Gasteiger partial charge >= 0.3 is 177 Å². The number of hydrogen-bond donors (Lipinski definition) is 9. The third kappa shape index (κ3) is 26.6. The number of hydrogen-bond acceptors (Lipinski definition) is 33. The van der Waals surface area contributed by atoms with E-state index in [9.17, 15) is 107 Å². The number of rotatable bonds is 26. The van der Waals surface area contributed by atoms with Gasteiger partial charge < -0.3 is 112 Å². The number of aliphatic carboxylic acids is 2. The van der Waals surface area contributed by atoms with E-state index in [4.69, 9.17) is 37.9 Å². The first-order valence-corrected chi connectivity index (χ1v) is 26.3. The van der Waals surface area contributed by atoms with E-state index in [-0.39, 0.29) is 184 Å². The minimum atomic E-state index is -5.88. The zero-order valence-electron chi connectivity index (χ0n) is 42.3. The Hall–Kier alpha value is 3.82. The van der Waals surface area contributed by atoms with Gasteiger partial charge in [-0.25, -0.2) is 43.1 Å². The Kier molecular flexibility index (Phi) is 41.5. The van der Waals surface area contributed by atoms with Crippen LogP contribution in [0.15, 0.2) is 0 Å². The molecule has 35 nitrogen and oxygen atoms in total. The average molecular weight is 1260 g/mol. The Bertz CT molecular complexity index is 2240. The molecule has 0 aromatic carbocycles. The van der Waals surface area contributed by atoms with Crippen molar-refractivity contribution < 1.29 is 331 Å². The maximum absolute atomic E-state index is 12.6. The summed E-state index contributed by atoms with van der Waals surface area (Å²) in [6.07, 6.45) is -41.3. The molecule has 4 heterocycles. The van der Waals surface area contributed by atoms with Crippen LogP contribution in [-0.2, 0) is 97.3 Å². The zero-order valence-corrected chi connectivity index (χ0v) is 57.6. The van der Waals surface area contributed by atoms with E-state index in [2.05, 4.69) is 8.37 Å². The van der Waals surface area contributed by atoms with E-state index in [0.29, 0.717) is 12.8 Å². The van der Waals surface area contributed by atoms with E-state index >= 15 is 0 Å². The van der Waals surface area contributed by atoms with Gasteiger partial charge in [0.2, 0.25) is 20.8 Å². The first-order valence-electron chi connectivity index (χ1n) is 20.8. The summed E-state index contributed by atoms with van der Waals surface area (Å²) in [6, 6.07) is -4.87. The van der Waals surface area contributed by atoms with Crippen molar-refractivity contribution in [3.8, 4) is 0 Å². The van der Waals surface area contributed by atoms with E-state index in [1.807, 2.05) is 6.92 Å². The summed E-state index contributed by atoms with van der Waals surface area (Å²) in [7, 11) is -22.8. The number of carboxylic acids is 2. The number of aliphatic hydroxyl groups excluding tert-OH is 7.